The summed E-state index contributed by atoms with van der Waals surface area (Å²) in [4.78, 5) is 18.0. The molecule has 2 N–H and O–H groups in total. The van der Waals surface area contributed by atoms with E-state index in [0.717, 1.165) is 5.75 Å². The number of amides is 1. The monoisotopic (exact) mass is 377 g/mol. The number of rotatable bonds is 5. The van der Waals surface area contributed by atoms with Crippen molar-refractivity contribution in [2.24, 2.45) is 0 Å². The largest absolute Gasteiger partial charge is 0.493 e. The molecule has 0 atom stereocenters. The Kier molecular flexibility index (Phi) is 4.66. The molecule has 6 nitrogen and oxygen atoms in total. The normalized spacial score (nSPS) is 13.4. The van der Waals surface area contributed by atoms with Crippen LogP contribution in [0.25, 0.3) is 0 Å². The number of nitrogens with zero attached hydrogens (tertiary/aromatic N) is 2. The first-order chi connectivity index (χ1) is 11.1. The summed E-state index contributed by atoms with van der Waals surface area (Å²) in [6.07, 6.45) is 0.675. The number of hydrogen-bond acceptors (Lipinski definition) is 5. The molecule has 0 aliphatic carbocycles. The fourth-order valence-corrected chi connectivity index (χ4v) is 2.60. The lowest BCUT2D eigenvalue weighted by molar-refractivity contribution is -0.121. The number of carbonyl (C=O) groups excluding carboxylic acids is 1. The van der Waals surface area contributed by atoms with Crippen LogP contribution in [-0.2, 0) is 4.79 Å². The van der Waals surface area contributed by atoms with E-state index in [-0.39, 0.29) is 12.5 Å². The molecule has 1 aromatic carbocycles. The number of benzene rings is 1. The van der Waals surface area contributed by atoms with Crippen LogP contribution in [0.15, 0.2) is 41.0 Å². The fraction of sp³-hybridized carbons (Fsp3) is 0.250. The van der Waals surface area contributed by atoms with Gasteiger partial charge in [0.1, 0.15) is 10.4 Å². The van der Waals surface area contributed by atoms with Crippen LogP contribution >= 0.6 is 15.9 Å². The first kappa shape index (κ1) is 15.6. The van der Waals surface area contributed by atoms with E-state index in [1.165, 1.54) is 0 Å². The smallest absolute Gasteiger partial charge is 0.266 e. The van der Waals surface area contributed by atoms with Gasteiger partial charge in [-0.25, -0.2) is 4.98 Å². The number of fused-ring (bicyclic) bond motifs is 1. The van der Waals surface area contributed by atoms with E-state index in [9.17, 15) is 4.79 Å². The van der Waals surface area contributed by atoms with Gasteiger partial charge in [-0.05, 0) is 46.6 Å². The second-order valence-electron chi connectivity index (χ2n) is 5.06. The van der Waals surface area contributed by atoms with Crippen molar-refractivity contribution < 1.29 is 14.3 Å². The quantitative estimate of drug-likeness (QED) is 0.492. The van der Waals surface area contributed by atoms with E-state index in [1.54, 1.807) is 29.2 Å². The summed E-state index contributed by atoms with van der Waals surface area (Å²) >= 11 is 3.32. The highest BCUT2D eigenvalue weighted by atomic mass is 79.9. The molecule has 23 heavy (non-hydrogen) atoms. The van der Waals surface area contributed by atoms with E-state index in [0.29, 0.717) is 41.4 Å². The number of aromatic nitrogens is 1. The predicted octanol–water partition coefficient (Wildman–Crippen LogP) is 2.62. The lowest BCUT2D eigenvalue weighted by Gasteiger charge is -2.28. The first-order valence-corrected chi connectivity index (χ1v) is 8.01. The Morgan fingerprint density at radius 1 is 1.35 bits per heavy atom. The van der Waals surface area contributed by atoms with Crippen LogP contribution in [0, 0.1) is 0 Å². The van der Waals surface area contributed by atoms with Gasteiger partial charge in [0.2, 0.25) is 0 Å². The third-order valence-corrected chi connectivity index (χ3v) is 3.81. The van der Waals surface area contributed by atoms with Crippen molar-refractivity contribution in [2.75, 3.05) is 30.4 Å². The minimum Gasteiger partial charge on any atom is -0.493 e. The fourth-order valence-electron chi connectivity index (χ4n) is 2.30. The molecule has 0 bridgehead atoms. The molecular weight excluding hydrogens is 362 g/mol. The molecule has 1 aromatic heterocycles. The van der Waals surface area contributed by atoms with Gasteiger partial charge in [-0.2, -0.15) is 0 Å². The zero-order valence-corrected chi connectivity index (χ0v) is 14.0. The van der Waals surface area contributed by atoms with Gasteiger partial charge in [0.15, 0.2) is 18.2 Å². The highest BCUT2D eigenvalue weighted by molar-refractivity contribution is 9.10. The minimum atomic E-state index is -0.105. The number of ether oxygens (including phenoxy) is 2. The number of hydrogen-bond donors (Lipinski definition) is 1. The number of halogens is 1. The molecule has 1 aliphatic heterocycles. The number of nitrogens with two attached hydrogens (primary N) is 1. The standard InChI is InChI=1S/C16H16BrN3O3/c17-14-6-5-13-16(19-14)20(15(21)10-23-13)7-2-8-22-12-4-1-3-11(18)9-12/h1,3-6,9H,2,7-8,10,18H2. The Hall–Kier alpha value is -2.28. The number of anilines is 2. The molecular formula is C16H16BrN3O3. The summed E-state index contributed by atoms with van der Waals surface area (Å²) in [5, 5.41) is 0. The Labute approximate surface area is 142 Å². The van der Waals surface area contributed by atoms with E-state index in [2.05, 4.69) is 20.9 Å². The van der Waals surface area contributed by atoms with E-state index < -0.39 is 0 Å². The van der Waals surface area contributed by atoms with Crippen LogP contribution in [0.4, 0.5) is 11.5 Å². The summed E-state index contributed by atoms with van der Waals surface area (Å²) in [5.74, 6) is 1.77. The minimum absolute atomic E-state index is 0.0341. The average molecular weight is 378 g/mol. The van der Waals surface area contributed by atoms with Crippen molar-refractivity contribution in [1.29, 1.82) is 0 Å². The maximum absolute atomic E-state index is 12.1. The van der Waals surface area contributed by atoms with E-state index in [1.807, 2.05) is 12.1 Å². The van der Waals surface area contributed by atoms with Gasteiger partial charge >= 0.3 is 0 Å². The van der Waals surface area contributed by atoms with Crippen LogP contribution in [0.1, 0.15) is 6.42 Å². The SMILES string of the molecule is Nc1cccc(OCCCN2C(=O)COc3ccc(Br)nc32)c1. The third kappa shape index (κ3) is 3.73. The van der Waals surface area contributed by atoms with Gasteiger partial charge in [0, 0.05) is 18.3 Å². The lowest BCUT2D eigenvalue weighted by atomic mass is 10.3. The van der Waals surface area contributed by atoms with Gasteiger partial charge in [-0.1, -0.05) is 6.07 Å². The van der Waals surface area contributed by atoms with Crippen molar-refractivity contribution in [3.63, 3.8) is 0 Å². The molecule has 0 unspecified atom stereocenters. The van der Waals surface area contributed by atoms with Crippen LogP contribution < -0.4 is 20.1 Å². The van der Waals surface area contributed by atoms with Crippen molar-refractivity contribution in [1.82, 2.24) is 4.98 Å². The van der Waals surface area contributed by atoms with Crippen molar-refractivity contribution in [2.45, 2.75) is 6.42 Å². The zero-order chi connectivity index (χ0) is 16.2. The molecule has 0 saturated heterocycles. The molecule has 120 valence electrons. The summed E-state index contributed by atoms with van der Waals surface area (Å²) in [7, 11) is 0. The Morgan fingerprint density at radius 2 is 2.22 bits per heavy atom. The molecule has 0 radical (unpaired) electrons. The second kappa shape index (κ2) is 6.87. The molecule has 1 aliphatic rings. The molecule has 3 rings (SSSR count). The van der Waals surface area contributed by atoms with Crippen LogP contribution in [0.2, 0.25) is 0 Å². The van der Waals surface area contributed by atoms with Crippen LogP contribution in [0.3, 0.4) is 0 Å². The van der Waals surface area contributed by atoms with Crippen LogP contribution in [-0.4, -0.2) is 30.6 Å². The van der Waals surface area contributed by atoms with Crippen molar-refractivity contribution in [3.05, 3.63) is 41.0 Å². The first-order valence-electron chi connectivity index (χ1n) is 7.21. The zero-order valence-electron chi connectivity index (χ0n) is 12.4. The summed E-state index contributed by atoms with van der Waals surface area (Å²) in [6, 6.07) is 10.9. The van der Waals surface area contributed by atoms with E-state index >= 15 is 0 Å². The molecule has 7 heteroatoms. The summed E-state index contributed by atoms with van der Waals surface area (Å²) < 4.78 is 11.7. The summed E-state index contributed by atoms with van der Waals surface area (Å²) in [5.41, 5.74) is 6.37. The van der Waals surface area contributed by atoms with E-state index in [4.69, 9.17) is 15.2 Å². The molecule has 0 fully saturated rings. The third-order valence-electron chi connectivity index (χ3n) is 3.37. The highest BCUT2D eigenvalue weighted by Crippen LogP contribution is 2.31. The Balaban J connectivity index is 1.60. The highest BCUT2D eigenvalue weighted by Gasteiger charge is 2.26. The van der Waals surface area contributed by atoms with Gasteiger partial charge in [0.05, 0.1) is 6.61 Å². The predicted molar refractivity (Wildman–Crippen MR) is 90.8 cm³/mol. The maximum Gasteiger partial charge on any atom is 0.266 e. The van der Waals surface area contributed by atoms with Crippen molar-refractivity contribution in [3.8, 4) is 11.5 Å². The molecule has 0 spiro atoms. The number of carbonyl (C=O) groups is 1. The van der Waals surface area contributed by atoms with Crippen molar-refractivity contribution >= 4 is 33.3 Å². The molecule has 2 aromatic rings. The Morgan fingerprint density at radius 3 is 3.04 bits per heavy atom. The second-order valence-corrected chi connectivity index (χ2v) is 5.88. The summed E-state index contributed by atoms with van der Waals surface area (Å²) in [6.45, 7) is 1.03. The van der Waals surface area contributed by atoms with Gasteiger partial charge in [-0.15, -0.1) is 0 Å². The molecule has 0 saturated carbocycles. The maximum atomic E-state index is 12.1. The lowest BCUT2D eigenvalue weighted by Crippen LogP contribution is -2.40. The van der Waals surface area contributed by atoms with Gasteiger partial charge in [-0.3, -0.25) is 9.69 Å². The van der Waals surface area contributed by atoms with Crippen LogP contribution in [0.5, 0.6) is 11.5 Å². The molecule has 1 amide bonds. The topological polar surface area (TPSA) is 77.7 Å². The Bertz CT molecular complexity index is 723. The number of nitrogen functional groups attached to an aromatic ring is 1. The van der Waals surface area contributed by atoms with Gasteiger partial charge in [0.25, 0.3) is 5.91 Å². The average Bonchev–Trinajstić information content (AvgIpc) is 2.53. The molecule has 2 heterocycles. The number of pyridine rings is 1. The van der Waals surface area contributed by atoms with Gasteiger partial charge < -0.3 is 15.2 Å².